The number of nitrogens with one attached hydrogen (secondary N) is 1. The van der Waals surface area contributed by atoms with Crippen molar-refractivity contribution in [3.05, 3.63) is 22.2 Å². The number of aliphatic hydroxyl groups is 1. The first kappa shape index (κ1) is 13.4. The topological polar surface area (TPSA) is 95.7 Å². The predicted octanol–water partition coefficient (Wildman–Crippen LogP) is 0.746. The molecule has 4 N–H and O–H groups in total. The van der Waals surface area contributed by atoms with Crippen molar-refractivity contribution in [1.82, 2.24) is 0 Å². The average molecular weight is 340 g/mol. The molecule has 7 heteroatoms. The zero-order valence-corrected chi connectivity index (χ0v) is 12.2. The highest BCUT2D eigenvalue weighted by molar-refractivity contribution is 9.10. The number of amides is 2. The number of nitrogens with two attached hydrogens (primary N) is 1. The summed E-state index contributed by atoms with van der Waals surface area (Å²) in [5.74, 6) is -0.843. The minimum atomic E-state index is -1.12. The van der Waals surface area contributed by atoms with Crippen LogP contribution in [0.15, 0.2) is 16.6 Å². The number of carbonyl (C=O) groups is 2. The molecular formula is C13H14BrN3O3. The summed E-state index contributed by atoms with van der Waals surface area (Å²) in [6, 6.07) is 3.56. The number of carbonyl (C=O) groups excluding carboxylic acids is 2. The molecule has 0 aliphatic carbocycles. The van der Waals surface area contributed by atoms with E-state index in [-0.39, 0.29) is 11.8 Å². The van der Waals surface area contributed by atoms with Gasteiger partial charge in [-0.3, -0.25) is 9.59 Å². The minimum absolute atomic E-state index is 0.143. The first-order valence-electron chi connectivity index (χ1n) is 6.34. The third kappa shape index (κ3) is 2.06. The van der Waals surface area contributed by atoms with E-state index in [2.05, 4.69) is 26.1 Å². The van der Waals surface area contributed by atoms with Crippen LogP contribution in [0.3, 0.4) is 0 Å². The molecule has 2 amide bonds. The summed E-state index contributed by atoms with van der Waals surface area (Å²) in [7, 11) is 0. The Morgan fingerprint density at radius 3 is 2.90 bits per heavy atom. The van der Waals surface area contributed by atoms with Crippen molar-refractivity contribution in [2.24, 2.45) is 11.7 Å². The highest BCUT2D eigenvalue weighted by atomic mass is 79.9. The second-order valence-electron chi connectivity index (χ2n) is 5.12. The molecule has 0 spiro atoms. The normalized spacial score (nSPS) is 24.7. The number of rotatable bonds is 2. The van der Waals surface area contributed by atoms with Crippen LogP contribution in [0, 0.1) is 5.92 Å². The predicted molar refractivity (Wildman–Crippen MR) is 77.2 cm³/mol. The lowest BCUT2D eigenvalue weighted by Crippen LogP contribution is -2.27. The van der Waals surface area contributed by atoms with Crippen LogP contribution in [-0.2, 0) is 9.59 Å². The lowest BCUT2D eigenvalue weighted by atomic mass is 10.1. The highest BCUT2D eigenvalue weighted by Crippen LogP contribution is 2.40. The van der Waals surface area contributed by atoms with Gasteiger partial charge >= 0.3 is 0 Å². The second-order valence-corrected chi connectivity index (χ2v) is 5.97. The smallest absolute Gasteiger partial charge is 0.257 e. The van der Waals surface area contributed by atoms with Crippen LogP contribution in [0.1, 0.15) is 18.1 Å². The van der Waals surface area contributed by atoms with Crippen molar-refractivity contribution in [2.45, 2.75) is 12.5 Å². The summed E-state index contributed by atoms with van der Waals surface area (Å²) in [5.41, 5.74) is 7.41. The molecule has 1 saturated heterocycles. The van der Waals surface area contributed by atoms with Gasteiger partial charge in [-0.05, 0) is 34.5 Å². The van der Waals surface area contributed by atoms with E-state index in [9.17, 15) is 14.7 Å². The summed E-state index contributed by atoms with van der Waals surface area (Å²) in [6.45, 7) is 1.31. The van der Waals surface area contributed by atoms with E-state index in [1.54, 1.807) is 6.07 Å². The molecule has 2 aliphatic rings. The van der Waals surface area contributed by atoms with Crippen molar-refractivity contribution in [2.75, 3.05) is 23.3 Å². The number of hydrogen-bond acceptors (Lipinski definition) is 4. The Morgan fingerprint density at radius 2 is 2.25 bits per heavy atom. The lowest BCUT2D eigenvalue weighted by Gasteiger charge is -2.21. The molecule has 1 aromatic carbocycles. The Hall–Kier alpha value is -1.60. The molecule has 0 radical (unpaired) electrons. The minimum Gasteiger partial charge on any atom is -0.378 e. The molecule has 0 saturated carbocycles. The van der Waals surface area contributed by atoms with E-state index in [1.165, 1.54) is 0 Å². The molecule has 1 fully saturated rings. The Bertz CT molecular complexity index is 605. The number of benzene rings is 1. The van der Waals surface area contributed by atoms with E-state index in [1.807, 2.05) is 6.07 Å². The quantitative estimate of drug-likeness (QED) is 0.740. The number of fused-ring (bicyclic) bond motifs is 1. The second kappa shape index (κ2) is 4.75. The van der Waals surface area contributed by atoms with E-state index >= 15 is 0 Å². The molecule has 2 atom stereocenters. The van der Waals surface area contributed by atoms with Gasteiger partial charge in [0, 0.05) is 28.8 Å². The Kier molecular flexibility index (Phi) is 3.18. The molecule has 20 heavy (non-hydrogen) atoms. The van der Waals surface area contributed by atoms with Crippen LogP contribution in [0.25, 0.3) is 0 Å². The van der Waals surface area contributed by atoms with Crippen LogP contribution in [0.2, 0.25) is 0 Å². The summed E-state index contributed by atoms with van der Waals surface area (Å²) in [4.78, 5) is 24.7. The van der Waals surface area contributed by atoms with Crippen LogP contribution >= 0.6 is 15.9 Å². The number of halogens is 1. The van der Waals surface area contributed by atoms with Crippen LogP contribution in [-0.4, -0.2) is 30.0 Å². The summed E-state index contributed by atoms with van der Waals surface area (Å²) in [5, 5.41) is 12.4. The summed E-state index contributed by atoms with van der Waals surface area (Å²) in [6.07, 6.45) is -0.388. The molecule has 106 valence electrons. The van der Waals surface area contributed by atoms with Crippen molar-refractivity contribution >= 4 is 39.1 Å². The molecule has 1 aromatic rings. The van der Waals surface area contributed by atoms with Gasteiger partial charge in [0.2, 0.25) is 5.91 Å². The SMILES string of the molecule is NC(=O)C1CCN(c2cc3c(cc2Br)C(O)C(=O)N3)C1. The van der Waals surface area contributed by atoms with Gasteiger partial charge in [0.1, 0.15) is 0 Å². The van der Waals surface area contributed by atoms with Crippen molar-refractivity contribution in [3.63, 3.8) is 0 Å². The maximum Gasteiger partial charge on any atom is 0.257 e. The van der Waals surface area contributed by atoms with E-state index in [0.29, 0.717) is 17.8 Å². The number of aliphatic hydroxyl groups excluding tert-OH is 1. The summed E-state index contributed by atoms with van der Waals surface area (Å²) < 4.78 is 0.789. The van der Waals surface area contributed by atoms with Crippen molar-refractivity contribution in [3.8, 4) is 0 Å². The monoisotopic (exact) mass is 339 g/mol. The first-order valence-corrected chi connectivity index (χ1v) is 7.13. The Morgan fingerprint density at radius 1 is 1.50 bits per heavy atom. The van der Waals surface area contributed by atoms with Gasteiger partial charge in [0.25, 0.3) is 5.91 Å². The molecular weight excluding hydrogens is 326 g/mol. The molecule has 3 rings (SSSR count). The zero-order chi connectivity index (χ0) is 14.4. The highest BCUT2D eigenvalue weighted by Gasteiger charge is 2.32. The van der Waals surface area contributed by atoms with Gasteiger partial charge in [-0.15, -0.1) is 0 Å². The third-order valence-corrected chi connectivity index (χ3v) is 4.49. The van der Waals surface area contributed by atoms with Gasteiger partial charge in [0.15, 0.2) is 6.10 Å². The number of nitrogens with zero attached hydrogens (tertiary/aromatic N) is 1. The van der Waals surface area contributed by atoms with Gasteiger partial charge in [0.05, 0.1) is 11.6 Å². The van der Waals surface area contributed by atoms with Crippen LogP contribution in [0.5, 0.6) is 0 Å². The fourth-order valence-electron chi connectivity index (χ4n) is 2.71. The molecule has 6 nitrogen and oxygen atoms in total. The molecule has 2 heterocycles. The number of primary amides is 1. The van der Waals surface area contributed by atoms with Gasteiger partial charge in [-0.2, -0.15) is 0 Å². The Labute approximate surface area is 124 Å². The fourth-order valence-corrected chi connectivity index (χ4v) is 3.32. The molecule has 0 bridgehead atoms. The van der Waals surface area contributed by atoms with Crippen molar-refractivity contribution in [1.29, 1.82) is 0 Å². The average Bonchev–Trinajstić information content (AvgIpc) is 2.97. The van der Waals surface area contributed by atoms with Crippen molar-refractivity contribution < 1.29 is 14.7 Å². The van der Waals surface area contributed by atoms with Crippen LogP contribution < -0.4 is 16.0 Å². The van der Waals surface area contributed by atoms with E-state index < -0.39 is 12.0 Å². The Balaban J connectivity index is 1.91. The zero-order valence-electron chi connectivity index (χ0n) is 10.6. The van der Waals surface area contributed by atoms with Gasteiger partial charge < -0.3 is 21.1 Å². The lowest BCUT2D eigenvalue weighted by molar-refractivity contribution is -0.123. The maximum atomic E-state index is 11.5. The molecule has 2 unspecified atom stereocenters. The first-order chi connectivity index (χ1) is 9.47. The summed E-state index contributed by atoms with van der Waals surface area (Å²) >= 11 is 3.46. The number of hydrogen-bond donors (Lipinski definition) is 3. The fraction of sp³-hybridized carbons (Fsp3) is 0.385. The maximum absolute atomic E-state index is 11.5. The van der Waals surface area contributed by atoms with Crippen LogP contribution in [0.4, 0.5) is 11.4 Å². The third-order valence-electron chi connectivity index (χ3n) is 3.85. The molecule has 2 aliphatic heterocycles. The van der Waals surface area contributed by atoms with E-state index in [0.717, 1.165) is 23.1 Å². The number of anilines is 2. The molecule has 0 aromatic heterocycles. The largest absolute Gasteiger partial charge is 0.378 e. The standard InChI is InChI=1S/C13H14BrN3O3/c14-8-3-7-9(16-13(20)11(7)18)4-10(8)17-2-1-6(5-17)12(15)19/h3-4,6,11,18H,1-2,5H2,(H2,15,19)(H,16,20). The van der Waals surface area contributed by atoms with Gasteiger partial charge in [-0.25, -0.2) is 0 Å². The van der Waals surface area contributed by atoms with Gasteiger partial charge in [-0.1, -0.05) is 0 Å². The van der Waals surface area contributed by atoms with E-state index in [4.69, 9.17) is 5.73 Å².